The van der Waals surface area contributed by atoms with E-state index in [4.69, 9.17) is 19.4 Å². The van der Waals surface area contributed by atoms with Crippen LogP contribution in [0.15, 0.2) is 30.5 Å². The van der Waals surface area contributed by atoms with Gasteiger partial charge < -0.3 is 19.7 Å². The van der Waals surface area contributed by atoms with Crippen LogP contribution in [0, 0.1) is 0 Å². The van der Waals surface area contributed by atoms with Gasteiger partial charge >= 0.3 is 0 Å². The van der Waals surface area contributed by atoms with Crippen LogP contribution in [0.3, 0.4) is 0 Å². The van der Waals surface area contributed by atoms with Gasteiger partial charge in [0.05, 0.1) is 30.9 Å². The number of fused-ring (bicyclic) bond motifs is 1. The van der Waals surface area contributed by atoms with Crippen LogP contribution in [0.1, 0.15) is 13.8 Å². The van der Waals surface area contributed by atoms with Gasteiger partial charge in [0.2, 0.25) is 5.95 Å². The highest BCUT2D eigenvalue weighted by molar-refractivity contribution is 5.89. The molecule has 1 fully saturated rings. The van der Waals surface area contributed by atoms with Gasteiger partial charge in [-0.25, -0.2) is 0 Å². The smallest absolute Gasteiger partial charge is 0.229 e. The molecule has 4 rings (SSSR count). The van der Waals surface area contributed by atoms with E-state index < -0.39 is 0 Å². The van der Waals surface area contributed by atoms with Crippen molar-refractivity contribution in [3.05, 3.63) is 30.5 Å². The lowest BCUT2D eigenvalue weighted by Crippen LogP contribution is -2.46. The number of rotatable bonds is 4. The second-order valence-corrected chi connectivity index (χ2v) is 6.89. The van der Waals surface area contributed by atoms with Gasteiger partial charge in [0.15, 0.2) is 5.65 Å². The number of hydrogen-bond donors (Lipinski definition) is 1. The molecule has 0 saturated carbocycles. The predicted octanol–water partition coefficient (Wildman–Crippen LogP) is 2.73. The third-order valence-corrected chi connectivity index (χ3v) is 4.64. The Kier molecular flexibility index (Phi) is 4.57. The molecule has 3 heterocycles. The van der Waals surface area contributed by atoms with E-state index in [1.165, 1.54) is 0 Å². The number of methoxy groups -OCH3 is 1. The molecular weight excluding hydrogens is 344 g/mol. The second kappa shape index (κ2) is 7.03. The summed E-state index contributed by atoms with van der Waals surface area (Å²) in [7, 11) is 3.55. The lowest BCUT2D eigenvalue weighted by molar-refractivity contribution is -0.00569. The van der Waals surface area contributed by atoms with Gasteiger partial charge in [-0.1, -0.05) is 0 Å². The van der Waals surface area contributed by atoms with Crippen LogP contribution < -0.4 is 15.0 Å². The fraction of sp³-hybridized carbons (Fsp3) is 0.421. The van der Waals surface area contributed by atoms with Crippen LogP contribution in [0.2, 0.25) is 0 Å². The third kappa shape index (κ3) is 3.52. The first-order valence-electron chi connectivity index (χ1n) is 9.04. The monoisotopic (exact) mass is 368 g/mol. The molecule has 0 bridgehead atoms. The highest BCUT2D eigenvalue weighted by Crippen LogP contribution is 2.28. The first-order chi connectivity index (χ1) is 13.0. The molecule has 2 aromatic heterocycles. The number of aryl methyl sites for hydroxylation is 1. The van der Waals surface area contributed by atoms with E-state index in [0.717, 1.165) is 41.4 Å². The Balaban J connectivity index is 1.72. The Hall–Kier alpha value is -2.87. The van der Waals surface area contributed by atoms with Crippen LogP contribution >= 0.6 is 0 Å². The largest absolute Gasteiger partial charge is 0.497 e. The van der Waals surface area contributed by atoms with Crippen molar-refractivity contribution < 1.29 is 9.47 Å². The summed E-state index contributed by atoms with van der Waals surface area (Å²) in [6.07, 6.45) is 2.06. The number of aromatic nitrogens is 4. The Morgan fingerprint density at radius 3 is 2.48 bits per heavy atom. The molecule has 0 spiro atoms. The number of benzene rings is 1. The van der Waals surface area contributed by atoms with Crippen molar-refractivity contribution in [2.75, 3.05) is 30.4 Å². The molecule has 8 heteroatoms. The Morgan fingerprint density at radius 2 is 1.81 bits per heavy atom. The highest BCUT2D eigenvalue weighted by atomic mass is 16.5. The van der Waals surface area contributed by atoms with Crippen molar-refractivity contribution in [1.29, 1.82) is 0 Å². The van der Waals surface area contributed by atoms with Gasteiger partial charge in [-0.3, -0.25) is 4.68 Å². The summed E-state index contributed by atoms with van der Waals surface area (Å²) in [5, 5.41) is 8.63. The standard InChI is InChI=1S/C19H24N6O2/c1-12-10-25(11-13(2)27-12)19-22-17(16-9-20-24(3)18(16)23-19)21-14-5-7-15(26-4)8-6-14/h5-9,12-13H,10-11H2,1-4H3,(H,21,22,23)/t12-,13-/m1/s1. The normalized spacial score (nSPS) is 20.1. The van der Waals surface area contributed by atoms with Gasteiger partial charge in [0.1, 0.15) is 11.6 Å². The minimum atomic E-state index is 0.137. The van der Waals surface area contributed by atoms with Gasteiger partial charge in [-0.15, -0.1) is 0 Å². The van der Waals surface area contributed by atoms with Crippen molar-refractivity contribution >= 4 is 28.5 Å². The van der Waals surface area contributed by atoms with E-state index in [1.807, 2.05) is 31.3 Å². The minimum absolute atomic E-state index is 0.137. The summed E-state index contributed by atoms with van der Waals surface area (Å²) in [5.74, 6) is 2.23. The van der Waals surface area contributed by atoms with Gasteiger partial charge in [-0.2, -0.15) is 15.1 Å². The van der Waals surface area contributed by atoms with Crippen molar-refractivity contribution in [3.63, 3.8) is 0 Å². The molecule has 0 amide bonds. The van der Waals surface area contributed by atoms with Crippen LogP contribution in [0.25, 0.3) is 11.0 Å². The maximum absolute atomic E-state index is 5.84. The molecule has 1 saturated heterocycles. The average Bonchev–Trinajstić information content (AvgIpc) is 3.03. The van der Waals surface area contributed by atoms with Crippen LogP contribution in [0.4, 0.5) is 17.5 Å². The van der Waals surface area contributed by atoms with E-state index in [-0.39, 0.29) is 12.2 Å². The van der Waals surface area contributed by atoms with Crippen molar-refractivity contribution in [2.45, 2.75) is 26.1 Å². The van der Waals surface area contributed by atoms with Gasteiger partial charge in [0, 0.05) is 25.8 Å². The molecule has 0 aliphatic carbocycles. The fourth-order valence-corrected chi connectivity index (χ4v) is 3.40. The average molecular weight is 368 g/mol. The predicted molar refractivity (Wildman–Crippen MR) is 105 cm³/mol. The first kappa shape index (κ1) is 17.5. The highest BCUT2D eigenvalue weighted by Gasteiger charge is 2.25. The first-order valence-corrected chi connectivity index (χ1v) is 9.04. The maximum Gasteiger partial charge on any atom is 0.229 e. The number of anilines is 3. The molecule has 3 aromatic rings. The molecule has 2 atom stereocenters. The molecule has 0 unspecified atom stereocenters. The van der Waals surface area contributed by atoms with Gasteiger partial charge in [-0.05, 0) is 38.1 Å². The third-order valence-electron chi connectivity index (χ3n) is 4.64. The molecule has 1 aliphatic rings. The number of morpholine rings is 1. The van der Waals surface area contributed by atoms with Crippen LogP contribution in [-0.4, -0.2) is 52.2 Å². The molecule has 1 aromatic carbocycles. The zero-order valence-electron chi connectivity index (χ0n) is 16.0. The molecule has 1 aliphatic heterocycles. The maximum atomic E-state index is 5.84. The number of hydrogen-bond acceptors (Lipinski definition) is 7. The van der Waals surface area contributed by atoms with E-state index in [0.29, 0.717) is 5.95 Å². The van der Waals surface area contributed by atoms with E-state index in [1.54, 1.807) is 18.0 Å². The summed E-state index contributed by atoms with van der Waals surface area (Å²) < 4.78 is 12.8. The summed E-state index contributed by atoms with van der Waals surface area (Å²) >= 11 is 0. The topological polar surface area (TPSA) is 77.3 Å². The molecule has 142 valence electrons. The molecule has 27 heavy (non-hydrogen) atoms. The summed E-state index contributed by atoms with van der Waals surface area (Å²) in [5.41, 5.74) is 1.72. The fourth-order valence-electron chi connectivity index (χ4n) is 3.40. The van der Waals surface area contributed by atoms with Crippen molar-refractivity contribution in [3.8, 4) is 5.75 Å². The molecular formula is C19H24N6O2. The number of nitrogens with one attached hydrogen (secondary N) is 1. The number of nitrogens with zero attached hydrogens (tertiary/aromatic N) is 5. The lowest BCUT2D eigenvalue weighted by atomic mass is 10.2. The Bertz CT molecular complexity index is 929. The van der Waals surface area contributed by atoms with E-state index >= 15 is 0 Å². The minimum Gasteiger partial charge on any atom is -0.497 e. The Morgan fingerprint density at radius 1 is 1.11 bits per heavy atom. The second-order valence-electron chi connectivity index (χ2n) is 6.89. The number of ether oxygens (including phenoxy) is 2. The quantitative estimate of drug-likeness (QED) is 0.759. The van der Waals surface area contributed by atoms with Crippen molar-refractivity contribution in [1.82, 2.24) is 19.7 Å². The van der Waals surface area contributed by atoms with Gasteiger partial charge in [0.25, 0.3) is 0 Å². The zero-order valence-corrected chi connectivity index (χ0v) is 16.0. The molecule has 1 N–H and O–H groups in total. The summed E-state index contributed by atoms with van der Waals surface area (Å²) in [4.78, 5) is 11.7. The molecule has 0 radical (unpaired) electrons. The van der Waals surface area contributed by atoms with Crippen molar-refractivity contribution in [2.24, 2.45) is 7.05 Å². The SMILES string of the molecule is COc1ccc(Nc2nc(N3C[C@@H](C)O[C@H](C)C3)nc3c2cnn3C)cc1. The van der Waals surface area contributed by atoms with Crippen LogP contribution in [0.5, 0.6) is 5.75 Å². The van der Waals surface area contributed by atoms with E-state index in [9.17, 15) is 0 Å². The lowest BCUT2D eigenvalue weighted by Gasteiger charge is -2.35. The van der Waals surface area contributed by atoms with E-state index in [2.05, 4.69) is 29.2 Å². The van der Waals surface area contributed by atoms with Crippen LogP contribution in [-0.2, 0) is 11.8 Å². The summed E-state index contributed by atoms with van der Waals surface area (Å²) in [6, 6.07) is 7.75. The zero-order chi connectivity index (χ0) is 19.0. The Labute approximate surface area is 158 Å². The molecule has 8 nitrogen and oxygen atoms in total. The summed E-state index contributed by atoms with van der Waals surface area (Å²) in [6.45, 7) is 5.66.